The van der Waals surface area contributed by atoms with E-state index >= 15 is 0 Å². The smallest absolute Gasteiger partial charge is 0.306 e. The first-order valence-corrected chi connectivity index (χ1v) is 32.3. The summed E-state index contributed by atoms with van der Waals surface area (Å²) >= 11 is 0. The van der Waals surface area contributed by atoms with Gasteiger partial charge in [0.25, 0.3) is 0 Å². The highest BCUT2D eigenvalue weighted by Crippen LogP contribution is 2.18. The summed E-state index contributed by atoms with van der Waals surface area (Å²) in [5.41, 5.74) is 0. The van der Waals surface area contributed by atoms with Crippen molar-refractivity contribution >= 4 is 17.9 Å². The molecule has 0 aromatic heterocycles. The monoisotopic (exact) mass is 1030 g/mol. The number of esters is 3. The van der Waals surface area contributed by atoms with E-state index in [1.165, 1.54) is 212 Å². The Bertz CT molecular complexity index is 1330. The van der Waals surface area contributed by atoms with Crippen LogP contribution in [0.4, 0.5) is 0 Å². The third kappa shape index (κ3) is 60.0. The Hall–Kier alpha value is -2.89. The summed E-state index contributed by atoms with van der Waals surface area (Å²) in [4.78, 5) is 37.9. The highest BCUT2D eigenvalue weighted by Gasteiger charge is 2.19. The minimum absolute atomic E-state index is 0.0940. The Balaban J connectivity index is 3.97. The van der Waals surface area contributed by atoms with Crippen LogP contribution in [0, 0.1) is 0 Å². The van der Waals surface area contributed by atoms with Gasteiger partial charge in [-0.05, 0) is 57.8 Å². The van der Waals surface area contributed by atoms with Gasteiger partial charge in [0, 0.05) is 19.3 Å². The van der Waals surface area contributed by atoms with Crippen LogP contribution in [0.1, 0.15) is 335 Å². The van der Waals surface area contributed by atoms with E-state index in [0.717, 1.165) is 77.0 Å². The molecule has 74 heavy (non-hydrogen) atoms. The van der Waals surface area contributed by atoms with E-state index in [2.05, 4.69) is 81.5 Å². The van der Waals surface area contributed by atoms with Crippen LogP contribution in [0.3, 0.4) is 0 Å². The molecule has 0 saturated carbocycles. The predicted octanol–water partition coefficient (Wildman–Crippen LogP) is 21.9. The normalized spacial score (nSPS) is 12.4. The Morgan fingerprint density at radius 1 is 0.284 bits per heavy atom. The Morgan fingerprint density at radius 3 is 0.811 bits per heavy atom. The van der Waals surface area contributed by atoms with Gasteiger partial charge in [-0.3, -0.25) is 14.4 Å². The van der Waals surface area contributed by atoms with Crippen molar-refractivity contribution in [2.75, 3.05) is 13.2 Å². The molecule has 0 spiro atoms. The van der Waals surface area contributed by atoms with Gasteiger partial charge in [-0.1, -0.05) is 319 Å². The second kappa shape index (κ2) is 62.6. The van der Waals surface area contributed by atoms with Crippen LogP contribution in [0.25, 0.3) is 0 Å². The first-order chi connectivity index (χ1) is 36.5. The number of rotatable bonds is 59. The molecule has 0 amide bonds. The predicted molar refractivity (Wildman–Crippen MR) is 321 cm³/mol. The van der Waals surface area contributed by atoms with Crippen LogP contribution in [-0.4, -0.2) is 37.2 Å². The number of carbonyl (C=O) groups is 3. The lowest BCUT2D eigenvalue weighted by Gasteiger charge is -2.18. The molecule has 0 saturated heterocycles. The fourth-order valence-electron chi connectivity index (χ4n) is 9.48. The molecular formula is C68H122O6. The first-order valence-electron chi connectivity index (χ1n) is 32.3. The van der Waals surface area contributed by atoms with E-state index in [1.54, 1.807) is 0 Å². The largest absolute Gasteiger partial charge is 0.462 e. The van der Waals surface area contributed by atoms with Crippen molar-refractivity contribution < 1.29 is 28.6 Å². The average Bonchev–Trinajstić information content (AvgIpc) is 3.40. The molecule has 0 aliphatic rings. The van der Waals surface area contributed by atoms with E-state index in [9.17, 15) is 14.4 Å². The molecule has 0 radical (unpaired) electrons. The minimum atomic E-state index is -0.799. The zero-order valence-electron chi connectivity index (χ0n) is 49.4. The lowest BCUT2D eigenvalue weighted by molar-refractivity contribution is -0.167. The molecule has 0 heterocycles. The second-order valence-corrected chi connectivity index (χ2v) is 21.7. The van der Waals surface area contributed by atoms with E-state index in [1.807, 2.05) is 0 Å². The fraction of sp³-hybridized carbons (Fsp3) is 0.809. The van der Waals surface area contributed by atoms with Crippen molar-refractivity contribution in [1.82, 2.24) is 0 Å². The summed E-state index contributed by atoms with van der Waals surface area (Å²) < 4.78 is 16.7. The van der Waals surface area contributed by atoms with Gasteiger partial charge in [0.05, 0.1) is 0 Å². The van der Waals surface area contributed by atoms with Crippen LogP contribution in [-0.2, 0) is 28.6 Å². The van der Waals surface area contributed by atoms with Crippen molar-refractivity contribution in [1.29, 1.82) is 0 Å². The summed E-state index contributed by atoms with van der Waals surface area (Å²) in [6.45, 7) is 6.45. The second-order valence-electron chi connectivity index (χ2n) is 21.7. The average molecular weight is 1040 g/mol. The lowest BCUT2D eigenvalue weighted by atomic mass is 10.0. The molecule has 0 fully saturated rings. The number of unbranched alkanes of at least 4 members (excludes halogenated alkanes) is 38. The molecule has 0 aliphatic heterocycles. The van der Waals surface area contributed by atoms with Gasteiger partial charge in [0.1, 0.15) is 13.2 Å². The molecule has 0 aromatic carbocycles. The Morgan fingerprint density at radius 2 is 0.527 bits per heavy atom. The highest BCUT2D eigenvalue weighted by molar-refractivity contribution is 5.71. The van der Waals surface area contributed by atoms with Crippen molar-refractivity contribution in [2.24, 2.45) is 0 Å². The van der Waals surface area contributed by atoms with Crippen molar-refractivity contribution in [3.63, 3.8) is 0 Å². The van der Waals surface area contributed by atoms with Gasteiger partial charge < -0.3 is 14.2 Å². The minimum Gasteiger partial charge on any atom is -0.462 e. The SMILES string of the molecule is CC/C=C\C/C=C\C/C=C\C/C=C\C/C=C\CCCC(=O)OC(COC(=O)CCCCCCCC)COC(=O)CCCCCCCCCCCCCCCCCCCCCCCCCCCCCCCCCCC. The van der Waals surface area contributed by atoms with Crippen LogP contribution < -0.4 is 0 Å². The van der Waals surface area contributed by atoms with Crippen molar-refractivity contribution in [3.05, 3.63) is 60.8 Å². The molecule has 0 N–H and O–H groups in total. The highest BCUT2D eigenvalue weighted by atomic mass is 16.6. The molecule has 0 bridgehead atoms. The summed E-state index contributed by atoms with van der Waals surface area (Å²) in [7, 11) is 0. The van der Waals surface area contributed by atoms with Gasteiger partial charge >= 0.3 is 17.9 Å². The van der Waals surface area contributed by atoms with E-state index < -0.39 is 6.10 Å². The molecule has 0 aromatic rings. The van der Waals surface area contributed by atoms with Gasteiger partial charge in [-0.2, -0.15) is 0 Å². The van der Waals surface area contributed by atoms with Crippen LogP contribution in [0.2, 0.25) is 0 Å². The standard InChI is InChI=1S/C68H122O6/c1-4-7-10-13-16-18-20-22-24-26-27-28-29-30-31-32-33-34-35-36-37-38-39-40-41-43-44-46-48-50-52-55-58-61-67(70)73-64-65(63-72-66(69)60-57-54-15-12-9-6-3)74-68(71)62-59-56-53-51-49-47-45-42-25-23-21-19-17-14-11-8-5-2/h8,11,17,19,23,25,45,47,51,53,65H,4-7,9-10,12-16,18,20-22,24,26-44,46,48-50,52,54-64H2,1-3H3/b11-8-,19-17-,25-23-,47-45-,53-51-. The third-order valence-corrected chi connectivity index (χ3v) is 14.3. The van der Waals surface area contributed by atoms with Crippen molar-refractivity contribution in [2.45, 2.75) is 341 Å². The summed E-state index contributed by atoms with van der Waals surface area (Å²) in [6, 6.07) is 0. The maximum atomic E-state index is 12.8. The maximum Gasteiger partial charge on any atom is 0.306 e. The molecule has 430 valence electrons. The number of carbonyl (C=O) groups excluding carboxylic acids is 3. The van der Waals surface area contributed by atoms with Crippen molar-refractivity contribution in [3.8, 4) is 0 Å². The number of hydrogen-bond acceptors (Lipinski definition) is 6. The van der Waals surface area contributed by atoms with Gasteiger partial charge in [0.15, 0.2) is 6.10 Å². The van der Waals surface area contributed by atoms with Crippen LogP contribution in [0.15, 0.2) is 60.8 Å². The fourth-order valence-corrected chi connectivity index (χ4v) is 9.48. The molecule has 6 heteroatoms. The number of allylic oxidation sites excluding steroid dienone is 10. The molecule has 6 nitrogen and oxygen atoms in total. The van der Waals surface area contributed by atoms with E-state index in [-0.39, 0.29) is 37.5 Å². The quantitative estimate of drug-likeness (QED) is 0.0261. The summed E-state index contributed by atoms with van der Waals surface area (Å²) in [6.07, 6.45) is 80.2. The maximum absolute atomic E-state index is 12.8. The zero-order chi connectivity index (χ0) is 53.6. The first kappa shape index (κ1) is 71.1. The van der Waals surface area contributed by atoms with Gasteiger partial charge in [-0.15, -0.1) is 0 Å². The zero-order valence-corrected chi connectivity index (χ0v) is 49.4. The molecule has 1 unspecified atom stereocenters. The van der Waals surface area contributed by atoms with Crippen LogP contribution >= 0.6 is 0 Å². The Kier molecular flexibility index (Phi) is 60.2. The Labute approximate surface area is 460 Å². The molecule has 1 atom stereocenters. The topological polar surface area (TPSA) is 78.9 Å². The van der Waals surface area contributed by atoms with Gasteiger partial charge in [-0.25, -0.2) is 0 Å². The van der Waals surface area contributed by atoms with E-state index in [4.69, 9.17) is 14.2 Å². The molecular weight excluding hydrogens is 913 g/mol. The lowest BCUT2D eigenvalue weighted by Crippen LogP contribution is -2.30. The van der Waals surface area contributed by atoms with E-state index in [0.29, 0.717) is 19.3 Å². The summed E-state index contributed by atoms with van der Waals surface area (Å²) in [5, 5.41) is 0. The number of hydrogen-bond donors (Lipinski definition) is 0. The van der Waals surface area contributed by atoms with Gasteiger partial charge in [0.2, 0.25) is 0 Å². The molecule has 0 aliphatic carbocycles. The van der Waals surface area contributed by atoms with Crippen LogP contribution in [0.5, 0.6) is 0 Å². The number of ether oxygens (including phenoxy) is 3. The third-order valence-electron chi connectivity index (χ3n) is 14.3. The summed E-state index contributed by atoms with van der Waals surface area (Å²) in [5.74, 6) is -0.951. The molecule has 0 rings (SSSR count).